The van der Waals surface area contributed by atoms with Crippen molar-refractivity contribution in [3.63, 3.8) is 0 Å². The van der Waals surface area contributed by atoms with E-state index in [1.807, 2.05) is 6.92 Å². The van der Waals surface area contributed by atoms with Crippen molar-refractivity contribution in [2.75, 3.05) is 6.54 Å². The fraction of sp³-hybridized carbons (Fsp3) is 0.733. The van der Waals surface area contributed by atoms with E-state index in [-0.39, 0.29) is 11.2 Å². The summed E-state index contributed by atoms with van der Waals surface area (Å²) < 4.78 is 2.89. The molecule has 0 amide bonds. The normalized spacial score (nSPS) is 17.1. The number of hydrogen-bond acceptors (Lipinski definition) is 3. The van der Waals surface area contributed by atoms with Gasteiger partial charge in [0.15, 0.2) is 0 Å². The Morgan fingerprint density at radius 1 is 1.20 bits per heavy atom. The second-order valence-electron chi connectivity index (χ2n) is 5.52. The fourth-order valence-corrected chi connectivity index (χ4v) is 2.87. The lowest BCUT2D eigenvalue weighted by molar-refractivity contribution is 0.434. The van der Waals surface area contributed by atoms with Gasteiger partial charge in [0.05, 0.1) is 0 Å². The van der Waals surface area contributed by atoms with Crippen molar-refractivity contribution in [1.29, 1.82) is 0 Å². The first-order chi connectivity index (χ1) is 9.72. The van der Waals surface area contributed by atoms with E-state index in [1.165, 1.54) is 49.2 Å². The average Bonchev–Trinajstić information content (AvgIpc) is 2.71. The van der Waals surface area contributed by atoms with Gasteiger partial charge in [-0.15, -0.1) is 0 Å². The van der Waals surface area contributed by atoms with Crippen LogP contribution in [0.2, 0.25) is 0 Å². The molecule has 20 heavy (non-hydrogen) atoms. The third-order valence-corrected chi connectivity index (χ3v) is 4.10. The minimum atomic E-state index is -0.206. The van der Waals surface area contributed by atoms with Crippen LogP contribution in [-0.2, 0) is 13.1 Å². The molecule has 0 aromatic carbocycles. The largest absolute Gasteiger partial charge is 0.330 e. The quantitative estimate of drug-likeness (QED) is 0.828. The molecule has 2 rings (SSSR count). The molecule has 1 fully saturated rings. The van der Waals surface area contributed by atoms with Crippen LogP contribution < -0.4 is 16.6 Å². The van der Waals surface area contributed by atoms with Crippen molar-refractivity contribution < 1.29 is 0 Å². The summed E-state index contributed by atoms with van der Waals surface area (Å²) in [5.74, 6) is 0. The molecule has 1 aromatic heterocycles. The van der Waals surface area contributed by atoms with Crippen LogP contribution in [0.5, 0.6) is 0 Å². The molecule has 0 unspecified atom stereocenters. The average molecular weight is 279 g/mol. The van der Waals surface area contributed by atoms with Gasteiger partial charge < -0.3 is 9.88 Å². The summed E-state index contributed by atoms with van der Waals surface area (Å²) in [4.78, 5) is 23.8. The van der Waals surface area contributed by atoms with Gasteiger partial charge in [0.2, 0.25) is 0 Å². The number of nitrogens with one attached hydrogen (secondary N) is 1. The van der Waals surface area contributed by atoms with Crippen molar-refractivity contribution in [2.45, 2.75) is 64.6 Å². The van der Waals surface area contributed by atoms with Gasteiger partial charge in [0, 0.05) is 37.9 Å². The van der Waals surface area contributed by atoms with E-state index in [0.29, 0.717) is 25.7 Å². The molecule has 1 aromatic rings. The molecule has 0 bridgehead atoms. The van der Waals surface area contributed by atoms with E-state index in [0.717, 1.165) is 0 Å². The number of hydrogen-bond donors (Lipinski definition) is 1. The van der Waals surface area contributed by atoms with E-state index in [9.17, 15) is 9.59 Å². The molecular weight excluding hydrogens is 254 g/mol. The fourth-order valence-electron chi connectivity index (χ4n) is 2.87. The zero-order chi connectivity index (χ0) is 14.4. The number of nitrogens with zero attached hydrogens (tertiary/aromatic N) is 2. The van der Waals surface area contributed by atoms with Gasteiger partial charge in [-0.3, -0.25) is 9.36 Å². The zero-order valence-electron chi connectivity index (χ0n) is 12.3. The predicted molar refractivity (Wildman–Crippen MR) is 80.1 cm³/mol. The number of rotatable bonds is 5. The Morgan fingerprint density at radius 3 is 2.55 bits per heavy atom. The molecule has 0 saturated heterocycles. The second-order valence-corrected chi connectivity index (χ2v) is 5.52. The van der Waals surface area contributed by atoms with Gasteiger partial charge in [-0.05, 0) is 19.8 Å². The molecule has 1 aliphatic rings. The molecule has 0 radical (unpaired) electrons. The summed E-state index contributed by atoms with van der Waals surface area (Å²) in [6, 6.07) is 2.02. The first kappa shape index (κ1) is 15.0. The summed E-state index contributed by atoms with van der Waals surface area (Å²) in [5.41, 5.74) is -0.412. The Hall–Kier alpha value is -1.36. The summed E-state index contributed by atoms with van der Waals surface area (Å²) >= 11 is 0. The molecule has 5 heteroatoms. The van der Waals surface area contributed by atoms with Gasteiger partial charge in [-0.1, -0.05) is 25.7 Å². The van der Waals surface area contributed by atoms with Crippen LogP contribution in [0.25, 0.3) is 0 Å². The lowest BCUT2D eigenvalue weighted by Crippen LogP contribution is -2.42. The van der Waals surface area contributed by atoms with E-state index >= 15 is 0 Å². The molecular formula is C15H25N3O2. The minimum absolute atomic E-state index is 0.206. The van der Waals surface area contributed by atoms with Gasteiger partial charge in [-0.25, -0.2) is 4.79 Å². The van der Waals surface area contributed by atoms with Crippen LogP contribution in [-0.4, -0.2) is 21.7 Å². The third-order valence-electron chi connectivity index (χ3n) is 4.10. The standard InChI is InChI=1S/C15H25N3O2/c1-2-17-11-9-14(19)18(15(17)20)12-10-16-13-7-5-3-4-6-8-13/h9,11,13,16H,2-8,10,12H2,1H3. The van der Waals surface area contributed by atoms with Crippen molar-refractivity contribution in [3.05, 3.63) is 33.1 Å². The van der Waals surface area contributed by atoms with Crippen molar-refractivity contribution in [3.8, 4) is 0 Å². The number of aromatic nitrogens is 2. The molecule has 1 saturated carbocycles. The maximum atomic E-state index is 12.1. The highest BCUT2D eigenvalue weighted by molar-refractivity contribution is 4.86. The molecule has 1 N–H and O–H groups in total. The molecule has 1 heterocycles. The lowest BCUT2D eigenvalue weighted by Gasteiger charge is -2.16. The topological polar surface area (TPSA) is 56.0 Å². The maximum Gasteiger partial charge on any atom is 0.330 e. The van der Waals surface area contributed by atoms with E-state index < -0.39 is 0 Å². The summed E-state index contributed by atoms with van der Waals surface area (Å²) in [6.07, 6.45) is 9.22. The van der Waals surface area contributed by atoms with E-state index in [4.69, 9.17) is 0 Å². The SMILES string of the molecule is CCn1ccc(=O)n(CCNC2CCCCCC2)c1=O. The van der Waals surface area contributed by atoms with Gasteiger partial charge in [0.25, 0.3) is 5.56 Å². The van der Waals surface area contributed by atoms with Gasteiger partial charge in [-0.2, -0.15) is 0 Å². The highest BCUT2D eigenvalue weighted by Gasteiger charge is 2.11. The Labute approximate surface area is 119 Å². The minimum Gasteiger partial charge on any atom is -0.312 e. The Bertz CT molecular complexity index is 525. The lowest BCUT2D eigenvalue weighted by atomic mass is 10.1. The van der Waals surface area contributed by atoms with Crippen LogP contribution in [0, 0.1) is 0 Å². The van der Waals surface area contributed by atoms with E-state index in [1.54, 1.807) is 10.8 Å². The van der Waals surface area contributed by atoms with Gasteiger partial charge in [0.1, 0.15) is 0 Å². The highest BCUT2D eigenvalue weighted by Crippen LogP contribution is 2.16. The van der Waals surface area contributed by atoms with Crippen LogP contribution >= 0.6 is 0 Å². The Morgan fingerprint density at radius 2 is 1.90 bits per heavy atom. The summed E-state index contributed by atoms with van der Waals surface area (Å²) in [6.45, 7) is 3.64. The van der Waals surface area contributed by atoms with Crippen LogP contribution in [0.4, 0.5) is 0 Å². The first-order valence-corrected chi connectivity index (χ1v) is 7.76. The van der Waals surface area contributed by atoms with E-state index in [2.05, 4.69) is 5.32 Å². The monoisotopic (exact) mass is 279 g/mol. The molecule has 1 aliphatic carbocycles. The Kier molecular flexibility index (Phi) is 5.59. The second kappa shape index (κ2) is 7.43. The smallest absolute Gasteiger partial charge is 0.312 e. The van der Waals surface area contributed by atoms with Crippen LogP contribution in [0.15, 0.2) is 21.9 Å². The number of aryl methyl sites for hydroxylation is 1. The van der Waals surface area contributed by atoms with Crippen LogP contribution in [0.3, 0.4) is 0 Å². The molecule has 5 nitrogen and oxygen atoms in total. The van der Waals surface area contributed by atoms with Crippen molar-refractivity contribution in [2.24, 2.45) is 0 Å². The zero-order valence-corrected chi connectivity index (χ0v) is 12.3. The molecule has 0 aliphatic heterocycles. The summed E-state index contributed by atoms with van der Waals surface area (Å²) in [5, 5.41) is 3.49. The van der Waals surface area contributed by atoms with Crippen molar-refractivity contribution >= 4 is 0 Å². The molecule has 112 valence electrons. The highest BCUT2D eigenvalue weighted by atomic mass is 16.2. The van der Waals surface area contributed by atoms with Crippen molar-refractivity contribution in [1.82, 2.24) is 14.5 Å². The molecule has 0 spiro atoms. The van der Waals surface area contributed by atoms with Gasteiger partial charge >= 0.3 is 5.69 Å². The predicted octanol–water partition coefficient (Wildman–Crippen LogP) is 1.34. The van der Waals surface area contributed by atoms with Crippen LogP contribution in [0.1, 0.15) is 45.4 Å². The maximum absolute atomic E-state index is 12.1. The Balaban J connectivity index is 1.93. The first-order valence-electron chi connectivity index (χ1n) is 7.76. The molecule has 0 atom stereocenters. The third kappa shape index (κ3) is 3.82. The summed E-state index contributed by atoms with van der Waals surface area (Å²) in [7, 11) is 0.